The maximum absolute atomic E-state index is 12.4. The van der Waals surface area contributed by atoms with Crippen molar-refractivity contribution in [2.45, 2.75) is 38.6 Å². The van der Waals surface area contributed by atoms with Gasteiger partial charge in [0.05, 0.1) is 6.04 Å². The normalized spacial score (nSPS) is 21.2. The van der Waals surface area contributed by atoms with E-state index in [1.807, 2.05) is 0 Å². The van der Waals surface area contributed by atoms with Crippen molar-refractivity contribution >= 4 is 17.2 Å². The van der Waals surface area contributed by atoms with Gasteiger partial charge in [0.15, 0.2) is 0 Å². The van der Waals surface area contributed by atoms with Crippen LogP contribution in [0.2, 0.25) is 0 Å². The molecular formula is C14H22N2OS. The average molecular weight is 266 g/mol. The van der Waals surface area contributed by atoms with Gasteiger partial charge < -0.3 is 10.6 Å². The molecule has 1 aliphatic heterocycles. The van der Waals surface area contributed by atoms with Gasteiger partial charge in [0.1, 0.15) is 0 Å². The van der Waals surface area contributed by atoms with Crippen LogP contribution in [0.5, 0.6) is 0 Å². The second kappa shape index (κ2) is 6.34. The Kier molecular flexibility index (Phi) is 4.78. The molecule has 4 heteroatoms. The van der Waals surface area contributed by atoms with Crippen LogP contribution < -0.4 is 5.73 Å². The number of nitrogens with two attached hydrogens (primary N) is 1. The van der Waals surface area contributed by atoms with Crippen molar-refractivity contribution in [3.05, 3.63) is 22.4 Å². The zero-order chi connectivity index (χ0) is 13.0. The second-order valence-electron chi connectivity index (χ2n) is 5.02. The van der Waals surface area contributed by atoms with Crippen LogP contribution in [0.3, 0.4) is 0 Å². The molecule has 0 saturated carbocycles. The highest BCUT2D eigenvalue weighted by atomic mass is 32.1. The van der Waals surface area contributed by atoms with Gasteiger partial charge in [-0.25, -0.2) is 0 Å². The van der Waals surface area contributed by atoms with Crippen molar-refractivity contribution in [1.29, 1.82) is 0 Å². The molecule has 2 atom stereocenters. The van der Waals surface area contributed by atoms with Crippen LogP contribution in [0, 0.1) is 5.92 Å². The summed E-state index contributed by atoms with van der Waals surface area (Å²) in [7, 11) is 0. The fourth-order valence-electron chi connectivity index (χ4n) is 2.63. The fourth-order valence-corrected chi connectivity index (χ4v) is 3.34. The van der Waals surface area contributed by atoms with Crippen molar-refractivity contribution in [1.82, 2.24) is 4.90 Å². The maximum atomic E-state index is 12.4. The predicted molar refractivity (Wildman–Crippen MR) is 75.5 cm³/mol. The van der Waals surface area contributed by atoms with Gasteiger partial charge >= 0.3 is 0 Å². The molecule has 1 amide bonds. The van der Waals surface area contributed by atoms with E-state index in [1.54, 1.807) is 11.3 Å². The lowest BCUT2D eigenvalue weighted by molar-refractivity contribution is -0.133. The van der Waals surface area contributed by atoms with Gasteiger partial charge in [0.25, 0.3) is 0 Å². The number of carbonyl (C=O) groups excluding carboxylic acids is 1. The topological polar surface area (TPSA) is 46.3 Å². The van der Waals surface area contributed by atoms with Crippen LogP contribution >= 0.6 is 11.3 Å². The highest BCUT2D eigenvalue weighted by Gasteiger charge is 2.30. The van der Waals surface area contributed by atoms with Gasteiger partial charge in [-0.3, -0.25) is 4.79 Å². The van der Waals surface area contributed by atoms with Gasteiger partial charge in [-0.15, -0.1) is 0 Å². The summed E-state index contributed by atoms with van der Waals surface area (Å²) in [5, 5.41) is 4.25. The third kappa shape index (κ3) is 2.93. The van der Waals surface area contributed by atoms with Gasteiger partial charge in [0.2, 0.25) is 5.91 Å². The minimum atomic E-state index is 0.279. The molecule has 2 N–H and O–H groups in total. The first-order chi connectivity index (χ1) is 8.76. The summed E-state index contributed by atoms with van der Waals surface area (Å²) in [5.41, 5.74) is 6.99. The second-order valence-corrected chi connectivity index (χ2v) is 5.80. The minimum absolute atomic E-state index is 0.279. The number of amides is 1. The van der Waals surface area contributed by atoms with E-state index in [0.29, 0.717) is 24.9 Å². The Bertz CT molecular complexity index is 373. The van der Waals surface area contributed by atoms with Crippen molar-refractivity contribution in [3.63, 3.8) is 0 Å². The molecule has 1 saturated heterocycles. The molecule has 0 aliphatic carbocycles. The maximum Gasteiger partial charge on any atom is 0.223 e. The summed E-state index contributed by atoms with van der Waals surface area (Å²) >= 11 is 1.71. The molecule has 0 aromatic carbocycles. The molecule has 2 heterocycles. The largest absolute Gasteiger partial charge is 0.336 e. The summed E-state index contributed by atoms with van der Waals surface area (Å²) in [4.78, 5) is 14.4. The minimum Gasteiger partial charge on any atom is -0.336 e. The molecule has 18 heavy (non-hydrogen) atoms. The van der Waals surface area contributed by atoms with E-state index in [2.05, 4.69) is 28.7 Å². The molecule has 1 aliphatic rings. The van der Waals surface area contributed by atoms with Crippen molar-refractivity contribution < 1.29 is 4.79 Å². The Morgan fingerprint density at radius 1 is 1.67 bits per heavy atom. The summed E-state index contributed by atoms with van der Waals surface area (Å²) < 4.78 is 0. The van der Waals surface area contributed by atoms with Crippen LogP contribution in [0.25, 0.3) is 0 Å². The summed E-state index contributed by atoms with van der Waals surface area (Å²) in [6.45, 7) is 3.62. The zero-order valence-electron chi connectivity index (χ0n) is 11.0. The number of thiophene rings is 1. The van der Waals surface area contributed by atoms with E-state index in [-0.39, 0.29) is 5.91 Å². The van der Waals surface area contributed by atoms with Crippen LogP contribution in [0.4, 0.5) is 0 Å². The molecule has 1 aromatic rings. The smallest absolute Gasteiger partial charge is 0.223 e. The molecule has 100 valence electrons. The first-order valence-electron chi connectivity index (χ1n) is 6.77. The molecule has 1 fully saturated rings. The number of rotatable bonds is 5. The Labute approximate surface area is 113 Å². The SMILES string of the molecule is CCC(CN)CC(=O)N1CCCC1c1ccsc1. The van der Waals surface area contributed by atoms with Crippen molar-refractivity contribution in [2.75, 3.05) is 13.1 Å². The first-order valence-corrected chi connectivity index (χ1v) is 7.72. The third-order valence-corrected chi connectivity index (χ3v) is 4.58. The van der Waals surface area contributed by atoms with Crippen LogP contribution in [-0.2, 0) is 4.79 Å². The van der Waals surface area contributed by atoms with Crippen LogP contribution in [0.15, 0.2) is 16.8 Å². The van der Waals surface area contributed by atoms with Crippen LogP contribution in [-0.4, -0.2) is 23.9 Å². The lowest BCUT2D eigenvalue weighted by Crippen LogP contribution is -2.33. The molecular weight excluding hydrogens is 244 g/mol. The number of hydrogen-bond donors (Lipinski definition) is 1. The average Bonchev–Trinajstić information content (AvgIpc) is 3.04. The van der Waals surface area contributed by atoms with Gasteiger partial charge in [-0.05, 0) is 47.7 Å². The van der Waals surface area contributed by atoms with Crippen molar-refractivity contribution in [3.8, 4) is 0 Å². The van der Waals surface area contributed by atoms with E-state index < -0.39 is 0 Å². The summed E-state index contributed by atoms with van der Waals surface area (Å²) in [6, 6.07) is 2.44. The predicted octanol–water partition coefficient (Wildman–Crippen LogP) is 2.79. The van der Waals surface area contributed by atoms with E-state index in [9.17, 15) is 4.79 Å². The standard InChI is InChI=1S/C14H22N2OS/c1-2-11(9-15)8-14(17)16-6-3-4-13(16)12-5-7-18-10-12/h5,7,10-11,13H,2-4,6,8-9,15H2,1H3. The number of carbonyl (C=O) groups is 1. The number of likely N-dealkylation sites (tertiary alicyclic amines) is 1. The molecule has 0 spiro atoms. The van der Waals surface area contributed by atoms with E-state index in [1.165, 1.54) is 5.56 Å². The van der Waals surface area contributed by atoms with Gasteiger partial charge in [0, 0.05) is 13.0 Å². The molecule has 2 unspecified atom stereocenters. The van der Waals surface area contributed by atoms with Crippen molar-refractivity contribution in [2.24, 2.45) is 11.7 Å². The van der Waals surface area contributed by atoms with Crippen LogP contribution in [0.1, 0.15) is 44.2 Å². The van der Waals surface area contributed by atoms with Gasteiger partial charge in [-0.1, -0.05) is 13.3 Å². The van der Waals surface area contributed by atoms with E-state index >= 15 is 0 Å². The number of hydrogen-bond acceptors (Lipinski definition) is 3. The highest BCUT2D eigenvalue weighted by molar-refractivity contribution is 7.07. The third-order valence-electron chi connectivity index (χ3n) is 3.88. The monoisotopic (exact) mass is 266 g/mol. The lowest BCUT2D eigenvalue weighted by atomic mass is 10.0. The molecule has 1 aromatic heterocycles. The fraction of sp³-hybridized carbons (Fsp3) is 0.643. The Balaban J connectivity index is 2.01. The van der Waals surface area contributed by atoms with E-state index in [4.69, 9.17) is 5.73 Å². The summed E-state index contributed by atoms with van der Waals surface area (Å²) in [5.74, 6) is 0.613. The lowest BCUT2D eigenvalue weighted by Gasteiger charge is -2.26. The molecule has 2 rings (SSSR count). The molecule has 0 radical (unpaired) electrons. The number of nitrogens with zero attached hydrogens (tertiary/aromatic N) is 1. The zero-order valence-corrected chi connectivity index (χ0v) is 11.8. The first kappa shape index (κ1) is 13.6. The van der Waals surface area contributed by atoms with E-state index in [0.717, 1.165) is 25.8 Å². The Morgan fingerprint density at radius 2 is 2.50 bits per heavy atom. The quantitative estimate of drug-likeness (QED) is 0.890. The summed E-state index contributed by atoms with van der Waals surface area (Å²) in [6.07, 6.45) is 3.81. The highest BCUT2D eigenvalue weighted by Crippen LogP contribution is 2.33. The Morgan fingerprint density at radius 3 is 3.11 bits per heavy atom. The van der Waals surface area contributed by atoms with Gasteiger partial charge in [-0.2, -0.15) is 11.3 Å². The molecule has 3 nitrogen and oxygen atoms in total. The Hall–Kier alpha value is -0.870. The molecule has 0 bridgehead atoms.